The molecule has 9 rings (SSSR count). The molecule has 402 valence electrons. The molecule has 11 N–H and O–H groups in total. The summed E-state index contributed by atoms with van der Waals surface area (Å²) in [4.78, 5) is 0. The normalized spacial score (nSPS) is 56.3. The highest BCUT2D eigenvalue weighted by atomic mass is 32.3. The molecule has 1 spiro atoms. The van der Waals surface area contributed by atoms with Gasteiger partial charge in [0, 0.05) is 22.2 Å². The number of fused-ring (bicyclic) bond motifs is 4. The van der Waals surface area contributed by atoms with Gasteiger partial charge in [-0.25, -0.2) is 4.18 Å². The number of aliphatic hydroxyl groups excluding tert-OH is 10. The van der Waals surface area contributed by atoms with E-state index in [0.717, 1.165) is 25.7 Å². The topological polar surface area (TPSA) is 331 Å². The third-order valence-electron chi connectivity index (χ3n) is 20.2. The Kier molecular flexibility index (Phi) is 14.1. The van der Waals surface area contributed by atoms with Crippen LogP contribution in [0.4, 0.5) is 0 Å². The lowest BCUT2D eigenvalue weighted by atomic mass is 9.32. The number of rotatable bonds is 11. The third kappa shape index (κ3) is 7.98. The predicted octanol–water partition coefficient (Wildman–Crippen LogP) is -0.572. The van der Waals surface area contributed by atoms with Crippen molar-refractivity contribution in [3.8, 4) is 0 Å². The van der Waals surface area contributed by atoms with Crippen LogP contribution < -0.4 is 0 Å². The number of hydrogen-bond donors (Lipinski definition) is 11. The Morgan fingerprint density at radius 3 is 1.94 bits per heavy atom. The minimum atomic E-state index is -5.23. The van der Waals surface area contributed by atoms with Crippen molar-refractivity contribution in [3.63, 3.8) is 0 Å². The Bertz CT molecular complexity index is 2060. The molecule has 26 atom stereocenters. The molecule has 0 aromatic carbocycles. The molecule has 4 saturated heterocycles. The van der Waals surface area contributed by atoms with Crippen molar-refractivity contribution < 1.29 is 101 Å². The van der Waals surface area contributed by atoms with Gasteiger partial charge in [0.15, 0.2) is 18.9 Å². The molecule has 5 aliphatic carbocycles. The Labute approximate surface area is 409 Å². The van der Waals surface area contributed by atoms with Crippen molar-refractivity contribution in [2.45, 2.75) is 210 Å². The van der Waals surface area contributed by atoms with Gasteiger partial charge in [-0.15, -0.1) is 0 Å². The van der Waals surface area contributed by atoms with Gasteiger partial charge >= 0.3 is 10.4 Å². The Hall–Kier alpha value is -1.07. The summed E-state index contributed by atoms with van der Waals surface area (Å²) >= 11 is 0. The molecule has 22 heteroatoms. The lowest BCUT2D eigenvalue weighted by Crippen LogP contribution is -2.72. The first-order valence-corrected chi connectivity index (χ1v) is 26.5. The molecule has 26 unspecified atom stereocenters. The van der Waals surface area contributed by atoms with Gasteiger partial charge in [-0.1, -0.05) is 53.7 Å². The summed E-state index contributed by atoms with van der Waals surface area (Å²) in [5.74, 6) is 0.0422. The fourth-order valence-electron chi connectivity index (χ4n) is 16.0. The standard InChI is InChI=1S/C48H78O21S/c1-22-30(53)37(67-40-35(58)33(56)36(24(19-50)65-40)69-70(59,60)61)38(68-39-34(57)32(55)31(54)23(18-49)64-39)41(63-22)66-29-10-11-43(4)25(44(29,5)20-51)8-12-45(6)26(43)9-13-48-27-16-42(2,3)14-15-47(27,21-62-48)28(52)17-46(45,48)7/h9,13,22-41,49-58H,8,10-12,14-21H2,1-7H3,(H,59,60,61). The molecule has 0 radical (unpaired) electrons. The third-order valence-corrected chi connectivity index (χ3v) is 20.7. The van der Waals surface area contributed by atoms with Gasteiger partial charge in [0.1, 0.15) is 67.1 Å². The van der Waals surface area contributed by atoms with Crippen molar-refractivity contribution in [2.75, 3.05) is 26.4 Å². The summed E-state index contributed by atoms with van der Waals surface area (Å²) in [6, 6.07) is 0. The van der Waals surface area contributed by atoms with Gasteiger partial charge < -0.3 is 84.2 Å². The van der Waals surface area contributed by atoms with Gasteiger partial charge in [0.05, 0.1) is 50.3 Å². The molecular formula is C48H78O21S. The molecule has 21 nitrogen and oxygen atoms in total. The molecule has 70 heavy (non-hydrogen) atoms. The smallest absolute Gasteiger partial charge is 0.396 e. The van der Waals surface area contributed by atoms with Gasteiger partial charge in [-0.2, -0.15) is 8.42 Å². The lowest BCUT2D eigenvalue weighted by Gasteiger charge is -2.73. The van der Waals surface area contributed by atoms with Gasteiger partial charge in [0.2, 0.25) is 0 Å². The van der Waals surface area contributed by atoms with Gasteiger partial charge in [-0.05, 0) is 86.4 Å². The highest BCUT2D eigenvalue weighted by Gasteiger charge is 2.79. The van der Waals surface area contributed by atoms with E-state index in [-0.39, 0.29) is 46.0 Å². The SMILES string of the molecule is CC1OC(OC2CCC3(C)C(CCC4(C)C3C=CC35OCC6(CCC(C)(C)CC63)C(O)CC45C)C2(C)CO)C(OC2OC(CO)C(O)C(O)C2O)C(OC2OC(CO)C(OS(=O)(=O)O)C(O)C2O)C1O. The highest BCUT2D eigenvalue weighted by Crippen LogP contribution is 2.79. The minimum Gasteiger partial charge on any atom is -0.396 e. The maximum Gasteiger partial charge on any atom is 0.397 e. The Morgan fingerprint density at radius 2 is 1.30 bits per heavy atom. The van der Waals surface area contributed by atoms with E-state index >= 15 is 0 Å². The van der Waals surface area contributed by atoms with E-state index in [2.05, 4.69) is 51.0 Å². The molecule has 4 aliphatic heterocycles. The average Bonchev–Trinajstić information content (AvgIpc) is 3.57. The largest absolute Gasteiger partial charge is 0.397 e. The van der Waals surface area contributed by atoms with Crippen LogP contribution in [0.3, 0.4) is 0 Å². The van der Waals surface area contributed by atoms with E-state index in [1.165, 1.54) is 6.92 Å². The molecule has 0 amide bonds. The maximum atomic E-state index is 12.3. The van der Waals surface area contributed by atoms with Crippen molar-refractivity contribution >= 4 is 10.4 Å². The van der Waals surface area contributed by atoms with Crippen LogP contribution in [-0.4, -0.2) is 200 Å². The Balaban J connectivity index is 1.03. The van der Waals surface area contributed by atoms with Gasteiger partial charge in [0.25, 0.3) is 0 Å². The monoisotopic (exact) mass is 1020 g/mol. The minimum absolute atomic E-state index is 0.0188. The molecule has 4 heterocycles. The summed E-state index contributed by atoms with van der Waals surface area (Å²) in [6.45, 7) is 13.5. The van der Waals surface area contributed by atoms with Crippen LogP contribution in [0.25, 0.3) is 0 Å². The molecule has 0 aromatic rings. The molecular weight excluding hydrogens is 945 g/mol. The summed E-state index contributed by atoms with van der Waals surface area (Å²) in [6.07, 6.45) is -17.1. The zero-order chi connectivity index (χ0) is 51.1. The van der Waals surface area contributed by atoms with Crippen LogP contribution in [0.15, 0.2) is 12.2 Å². The molecule has 2 bridgehead atoms. The molecule has 4 saturated carbocycles. The van der Waals surface area contributed by atoms with E-state index in [9.17, 15) is 64.0 Å². The van der Waals surface area contributed by atoms with E-state index in [4.69, 9.17) is 33.2 Å². The van der Waals surface area contributed by atoms with Crippen LogP contribution in [0.5, 0.6) is 0 Å². The number of allylic oxidation sites excluding steroid dienone is 1. The van der Waals surface area contributed by atoms with Crippen LogP contribution >= 0.6 is 0 Å². The average molecular weight is 1020 g/mol. The van der Waals surface area contributed by atoms with Gasteiger partial charge in [-0.3, -0.25) is 4.55 Å². The summed E-state index contributed by atoms with van der Waals surface area (Å²) in [5, 5.41) is 111. The zero-order valence-corrected chi connectivity index (χ0v) is 41.9. The number of aliphatic hydroxyl groups is 10. The molecule has 8 fully saturated rings. The van der Waals surface area contributed by atoms with Crippen LogP contribution in [-0.2, 0) is 47.7 Å². The first-order valence-electron chi connectivity index (χ1n) is 25.1. The van der Waals surface area contributed by atoms with E-state index in [1.807, 2.05) is 6.92 Å². The lowest BCUT2D eigenvalue weighted by molar-refractivity contribution is -0.397. The van der Waals surface area contributed by atoms with Crippen LogP contribution in [0.2, 0.25) is 0 Å². The molecule has 9 aliphatic rings. The fourth-order valence-corrected chi connectivity index (χ4v) is 16.5. The summed E-state index contributed by atoms with van der Waals surface area (Å²) < 4.78 is 81.3. The summed E-state index contributed by atoms with van der Waals surface area (Å²) in [7, 11) is -5.23. The Morgan fingerprint density at radius 1 is 0.657 bits per heavy atom. The second-order valence-corrected chi connectivity index (χ2v) is 25.3. The van der Waals surface area contributed by atoms with Crippen molar-refractivity contribution in [1.82, 2.24) is 0 Å². The second-order valence-electron chi connectivity index (χ2n) is 24.3. The molecule has 0 aromatic heterocycles. The quantitative estimate of drug-likeness (QED) is 0.0701. The number of hydrogen-bond acceptors (Lipinski definition) is 20. The van der Waals surface area contributed by atoms with Crippen LogP contribution in [0, 0.1) is 50.2 Å². The van der Waals surface area contributed by atoms with Crippen LogP contribution in [0.1, 0.15) is 99.8 Å². The van der Waals surface area contributed by atoms with Crippen molar-refractivity contribution in [2.24, 2.45) is 50.2 Å². The van der Waals surface area contributed by atoms with E-state index in [0.29, 0.717) is 32.3 Å². The van der Waals surface area contributed by atoms with E-state index in [1.54, 1.807) is 0 Å². The van der Waals surface area contributed by atoms with Crippen molar-refractivity contribution in [1.29, 1.82) is 0 Å². The first-order chi connectivity index (χ1) is 32.6. The first kappa shape index (κ1) is 53.7. The predicted molar refractivity (Wildman–Crippen MR) is 240 cm³/mol. The zero-order valence-electron chi connectivity index (χ0n) is 41.1. The summed E-state index contributed by atoms with van der Waals surface area (Å²) in [5.41, 5.74) is -2.79. The maximum absolute atomic E-state index is 12.3. The highest BCUT2D eigenvalue weighted by molar-refractivity contribution is 7.80. The number of ether oxygens (including phenoxy) is 7. The van der Waals surface area contributed by atoms with Crippen molar-refractivity contribution in [3.05, 3.63) is 12.2 Å². The van der Waals surface area contributed by atoms with E-state index < -0.39 is 144 Å². The second kappa shape index (κ2) is 18.3. The fraction of sp³-hybridized carbons (Fsp3) is 0.958.